The molecule has 2 aromatic carbocycles. The molecule has 3 aliphatic rings. The van der Waals surface area contributed by atoms with Gasteiger partial charge in [0.05, 0.1) is 5.92 Å². The van der Waals surface area contributed by atoms with Crippen LogP contribution in [0.25, 0.3) is 0 Å². The summed E-state index contributed by atoms with van der Waals surface area (Å²) in [4.78, 5) is 28.7. The molecular weight excluding hydrogens is 357 g/mol. The molecule has 0 unspecified atom stereocenters. The van der Waals surface area contributed by atoms with E-state index in [9.17, 15) is 14.0 Å². The first kappa shape index (κ1) is 17.4. The van der Waals surface area contributed by atoms with E-state index in [1.54, 1.807) is 18.2 Å². The number of carbonyl (C=O) groups excluding carboxylic acids is 2. The van der Waals surface area contributed by atoms with Crippen molar-refractivity contribution >= 4 is 17.5 Å². The van der Waals surface area contributed by atoms with Gasteiger partial charge in [-0.05, 0) is 37.9 Å². The van der Waals surface area contributed by atoms with Crippen LogP contribution in [0.3, 0.4) is 0 Å². The summed E-state index contributed by atoms with van der Waals surface area (Å²) in [6, 6.07) is 14.3. The van der Waals surface area contributed by atoms with E-state index < -0.39 is 11.5 Å². The van der Waals surface area contributed by atoms with Gasteiger partial charge < -0.3 is 10.6 Å². The number of carbonyl (C=O) groups is 2. The van der Waals surface area contributed by atoms with Crippen molar-refractivity contribution in [3.05, 3.63) is 65.5 Å². The Hall–Kier alpha value is -2.73. The van der Waals surface area contributed by atoms with Crippen LogP contribution in [0.2, 0.25) is 0 Å². The summed E-state index contributed by atoms with van der Waals surface area (Å²) < 4.78 is 13.9. The minimum atomic E-state index is -0.961. The lowest BCUT2D eigenvalue weighted by Crippen LogP contribution is -2.54. The predicted octanol–water partition coefficient (Wildman–Crippen LogP) is 2.77. The van der Waals surface area contributed by atoms with Crippen LogP contribution in [0.4, 0.5) is 10.1 Å². The van der Waals surface area contributed by atoms with Crippen molar-refractivity contribution in [3.8, 4) is 0 Å². The van der Waals surface area contributed by atoms with Crippen LogP contribution in [-0.2, 0) is 21.7 Å². The summed E-state index contributed by atoms with van der Waals surface area (Å²) >= 11 is 0. The highest BCUT2D eigenvalue weighted by molar-refractivity contribution is 6.09. The van der Waals surface area contributed by atoms with Gasteiger partial charge >= 0.3 is 0 Å². The van der Waals surface area contributed by atoms with E-state index in [1.165, 1.54) is 6.07 Å². The zero-order valence-corrected chi connectivity index (χ0v) is 15.5. The summed E-state index contributed by atoms with van der Waals surface area (Å²) in [5.74, 6) is -1.14. The molecule has 3 atom stereocenters. The zero-order valence-electron chi connectivity index (χ0n) is 15.5. The van der Waals surface area contributed by atoms with Crippen LogP contribution >= 0.6 is 0 Å². The van der Waals surface area contributed by atoms with Crippen molar-refractivity contribution in [2.45, 2.75) is 37.4 Å². The first-order chi connectivity index (χ1) is 13.6. The maximum atomic E-state index is 13.9. The quantitative estimate of drug-likeness (QED) is 0.862. The van der Waals surface area contributed by atoms with Crippen LogP contribution in [0, 0.1) is 11.7 Å². The van der Waals surface area contributed by atoms with Gasteiger partial charge in [-0.2, -0.15) is 0 Å². The molecule has 28 heavy (non-hydrogen) atoms. The standard InChI is InChI=1S/C22H22FN3O2/c23-18-9-3-1-6-14(18)13-24-20(27)17-12-15-7-5-11-26(15)22(17)16-8-2-4-10-19(16)25-21(22)28/h1-4,6,8-10,15,17H,5,7,11-13H2,(H,24,27)(H,25,28)/t15-,17-,22+/m1/s1. The highest BCUT2D eigenvalue weighted by Crippen LogP contribution is 2.55. The third kappa shape index (κ3) is 2.34. The van der Waals surface area contributed by atoms with Gasteiger partial charge in [-0.3, -0.25) is 14.5 Å². The Bertz CT molecular complexity index is 962. The van der Waals surface area contributed by atoms with Crippen molar-refractivity contribution in [2.24, 2.45) is 5.92 Å². The van der Waals surface area contributed by atoms with Gasteiger partial charge in [0.15, 0.2) is 0 Å². The Labute approximate surface area is 162 Å². The fourth-order valence-electron chi connectivity index (χ4n) is 5.33. The van der Waals surface area contributed by atoms with Gasteiger partial charge in [-0.15, -0.1) is 0 Å². The Morgan fingerprint density at radius 3 is 2.86 bits per heavy atom. The SMILES string of the molecule is O=C(NCc1ccccc1F)[C@H]1C[C@H]2CCCN2[C@]12C(=O)Nc1ccccc12. The summed E-state index contributed by atoms with van der Waals surface area (Å²) in [6.45, 7) is 0.926. The monoisotopic (exact) mass is 379 g/mol. The Kier molecular flexibility index (Phi) is 3.98. The number of rotatable bonds is 3. The first-order valence-corrected chi connectivity index (χ1v) is 9.81. The van der Waals surface area contributed by atoms with Crippen molar-refractivity contribution in [1.29, 1.82) is 0 Å². The van der Waals surface area contributed by atoms with Crippen LogP contribution < -0.4 is 10.6 Å². The summed E-state index contributed by atoms with van der Waals surface area (Å²) in [5, 5.41) is 5.88. The Balaban J connectivity index is 1.49. The number of fused-ring (bicyclic) bond motifs is 4. The Morgan fingerprint density at radius 2 is 2.00 bits per heavy atom. The second-order valence-electron chi connectivity index (χ2n) is 7.85. The highest BCUT2D eigenvalue weighted by atomic mass is 19.1. The molecule has 5 rings (SSSR count). The van der Waals surface area contributed by atoms with Crippen molar-refractivity contribution < 1.29 is 14.0 Å². The minimum Gasteiger partial charge on any atom is -0.352 e. The molecular formula is C22H22FN3O2. The molecule has 0 aromatic heterocycles. The van der Waals surface area contributed by atoms with E-state index in [0.717, 1.165) is 30.6 Å². The van der Waals surface area contributed by atoms with E-state index in [-0.39, 0.29) is 30.2 Å². The molecule has 3 aliphatic heterocycles. The zero-order chi connectivity index (χ0) is 19.3. The van der Waals surface area contributed by atoms with Gasteiger partial charge in [0, 0.05) is 29.4 Å². The number of nitrogens with zero attached hydrogens (tertiary/aromatic N) is 1. The maximum Gasteiger partial charge on any atom is 0.250 e. The smallest absolute Gasteiger partial charge is 0.250 e. The van der Waals surface area contributed by atoms with Gasteiger partial charge in [0.1, 0.15) is 11.4 Å². The molecule has 0 radical (unpaired) electrons. The molecule has 0 saturated carbocycles. The van der Waals surface area contributed by atoms with Gasteiger partial charge in [0.25, 0.3) is 0 Å². The average molecular weight is 379 g/mol. The number of benzene rings is 2. The number of halogens is 1. The first-order valence-electron chi connectivity index (χ1n) is 9.81. The average Bonchev–Trinajstić information content (AvgIpc) is 3.35. The van der Waals surface area contributed by atoms with Crippen LogP contribution in [-0.4, -0.2) is 29.3 Å². The topological polar surface area (TPSA) is 61.4 Å². The lowest BCUT2D eigenvalue weighted by Gasteiger charge is -2.36. The molecule has 2 saturated heterocycles. The molecule has 0 bridgehead atoms. The second kappa shape index (κ2) is 6.41. The minimum absolute atomic E-state index is 0.117. The largest absolute Gasteiger partial charge is 0.352 e. The molecule has 6 heteroatoms. The Morgan fingerprint density at radius 1 is 1.21 bits per heavy atom. The highest BCUT2D eigenvalue weighted by Gasteiger charge is 2.65. The molecule has 2 aromatic rings. The molecule has 0 aliphatic carbocycles. The van der Waals surface area contributed by atoms with E-state index in [2.05, 4.69) is 15.5 Å². The van der Waals surface area contributed by atoms with Crippen molar-refractivity contribution in [1.82, 2.24) is 10.2 Å². The number of anilines is 1. The molecule has 2 amide bonds. The molecule has 3 heterocycles. The van der Waals surface area contributed by atoms with Gasteiger partial charge in [0.2, 0.25) is 11.8 Å². The molecule has 5 nitrogen and oxygen atoms in total. The number of amides is 2. The molecule has 1 spiro atoms. The predicted molar refractivity (Wildman–Crippen MR) is 103 cm³/mol. The lowest BCUT2D eigenvalue weighted by atomic mass is 9.78. The fourth-order valence-corrected chi connectivity index (χ4v) is 5.33. The van der Waals surface area contributed by atoms with E-state index in [0.29, 0.717) is 12.0 Å². The van der Waals surface area contributed by atoms with E-state index >= 15 is 0 Å². The van der Waals surface area contributed by atoms with E-state index in [4.69, 9.17) is 0 Å². The van der Waals surface area contributed by atoms with Crippen LogP contribution in [0.15, 0.2) is 48.5 Å². The molecule has 2 N–H and O–H groups in total. The van der Waals surface area contributed by atoms with Gasteiger partial charge in [-0.1, -0.05) is 36.4 Å². The van der Waals surface area contributed by atoms with E-state index in [1.807, 2.05) is 24.3 Å². The van der Waals surface area contributed by atoms with Gasteiger partial charge in [-0.25, -0.2) is 4.39 Å². The second-order valence-corrected chi connectivity index (χ2v) is 7.85. The summed E-state index contributed by atoms with van der Waals surface area (Å²) in [7, 11) is 0. The van der Waals surface area contributed by atoms with Crippen LogP contribution in [0.5, 0.6) is 0 Å². The number of hydrogen-bond donors (Lipinski definition) is 2. The normalized spacial score (nSPS) is 28.2. The maximum absolute atomic E-state index is 13.9. The molecule has 144 valence electrons. The summed E-state index contributed by atoms with van der Waals surface area (Å²) in [6.07, 6.45) is 2.67. The number of nitrogens with one attached hydrogen (secondary N) is 2. The third-order valence-corrected chi connectivity index (χ3v) is 6.50. The summed E-state index contributed by atoms with van der Waals surface area (Å²) in [5.41, 5.74) is 1.15. The lowest BCUT2D eigenvalue weighted by molar-refractivity contribution is -0.137. The fraction of sp³-hybridized carbons (Fsp3) is 0.364. The van der Waals surface area contributed by atoms with Crippen molar-refractivity contribution in [3.63, 3.8) is 0 Å². The van der Waals surface area contributed by atoms with Crippen LogP contribution in [0.1, 0.15) is 30.4 Å². The third-order valence-electron chi connectivity index (χ3n) is 6.50. The molecule has 2 fully saturated rings. The van der Waals surface area contributed by atoms with Crippen molar-refractivity contribution in [2.75, 3.05) is 11.9 Å². The number of hydrogen-bond acceptors (Lipinski definition) is 3. The number of para-hydroxylation sites is 1.